The second-order valence-electron chi connectivity index (χ2n) is 4.51. The van der Waals surface area contributed by atoms with Gasteiger partial charge in [-0.2, -0.15) is 0 Å². The van der Waals surface area contributed by atoms with Crippen LogP contribution in [0.15, 0.2) is 18.2 Å². The molecule has 2 N–H and O–H groups in total. The number of aryl methyl sites for hydroxylation is 1. The molecular formula is C12H15N3O3. The van der Waals surface area contributed by atoms with Crippen LogP contribution in [0.1, 0.15) is 12.0 Å². The average molecular weight is 249 g/mol. The van der Waals surface area contributed by atoms with Gasteiger partial charge in [-0.25, -0.2) is 0 Å². The SMILES string of the molecule is Cc1cccc([N+](=O)[O-])c1N1CC(CN)CC1=O. The van der Waals surface area contributed by atoms with E-state index in [1.807, 2.05) is 0 Å². The second-order valence-corrected chi connectivity index (χ2v) is 4.51. The zero-order valence-corrected chi connectivity index (χ0v) is 10.1. The smallest absolute Gasteiger partial charge is 0.293 e. The van der Waals surface area contributed by atoms with Crippen molar-refractivity contribution >= 4 is 17.3 Å². The molecule has 0 aromatic heterocycles. The molecule has 0 aliphatic carbocycles. The van der Waals surface area contributed by atoms with E-state index in [0.717, 1.165) is 5.56 Å². The number of nitrogens with two attached hydrogens (primary N) is 1. The first-order valence-corrected chi connectivity index (χ1v) is 5.79. The van der Waals surface area contributed by atoms with Crippen LogP contribution in [-0.2, 0) is 4.79 Å². The Labute approximate surface area is 105 Å². The van der Waals surface area contributed by atoms with E-state index in [-0.39, 0.29) is 17.5 Å². The van der Waals surface area contributed by atoms with Gasteiger partial charge in [-0.1, -0.05) is 12.1 Å². The fourth-order valence-electron chi connectivity index (χ4n) is 2.30. The Morgan fingerprint density at radius 1 is 1.56 bits per heavy atom. The molecule has 1 aromatic rings. The molecule has 1 heterocycles. The maximum absolute atomic E-state index is 11.9. The molecule has 2 rings (SSSR count). The molecule has 1 aliphatic heterocycles. The molecule has 96 valence electrons. The number of amides is 1. The van der Waals surface area contributed by atoms with Crippen molar-refractivity contribution in [3.63, 3.8) is 0 Å². The molecule has 1 saturated heterocycles. The number of hydrogen-bond acceptors (Lipinski definition) is 4. The maximum Gasteiger partial charge on any atom is 0.293 e. The van der Waals surface area contributed by atoms with Gasteiger partial charge < -0.3 is 10.6 Å². The lowest BCUT2D eigenvalue weighted by atomic mass is 10.1. The highest BCUT2D eigenvalue weighted by Gasteiger charge is 2.34. The summed E-state index contributed by atoms with van der Waals surface area (Å²) in [5, 5.41) is 11.0. The molecule has 1 atom stereocenters. The first-order chi connectivity index (χ1) is 8.54. The zero-order valence-electron chi connectivity index (χ0n) is 10.1. The molecule has 1 aliphatic rings. The molecule has 0 bridgehead atoms. The van der Waals surface area contributed by atoms with E-state index in [1.165, 1.54) is 11.0 Å². The third-order valence-corrected chi connectivity index (χ3v) is 3.22. The maximum atomic E-state index is 11.9. The van der Waals surface area contributed by atoms with Gasteiger partial charge >= 0.3 is 0 Å². The molecule has 1 fully saturated rings. The molecule has 0 radical (unpaired) electrons. The van der Waals surface area contributed by atoms with Crippen molar-refractivity contribution in [2.45, 2.75) is 13.3 Å². The zero-order chi connectivity index (χ0) is 13.3. The second kappa shape index (κ2) is 4.73. The number of carbonyl (C=O) groups is 1. The van der Waals surface area contributed by atoms with Gasteiger partial charge in [-0.3, -0.25) is 14.9 Å². The van der Waals surface area contributed by atoms with Crippen LogP contribution in [0.25, 0.3) is 0 Å². The van der Waals surface area contributed by atoms with E-state index < -0.39 is 4.92 Å². The van der Waals surface area contributed by atoms with Gasteiger partial charge in [0.05, 0.1) is 4.92 Å². The van der Waals surface area contributed by atoms with Gasteiger partial charge in [-0.05, 0) is 24.9 Å². The van der Waals surface area contributed by atoms with Gasteiger partial charge in [-0.15, -0.1) is 0 Å². The number of nitro benzene ring substituents is 1. The van der Waals surface area contributed by atoms with Crippen molar-refractivity contribution < 1.29 is 9.72 Å². The summed E-state index contributed by atoms with van der Waals surface area (Å²) in [6, 6.07) is 4.81. The fourth-order valence-corrected chi connectivity index (χ4v) is 2.30. The Balaban J connectivity index is 2.45. The van der Waals surface area contributed by atoms with Crippen molar-refractivity contribution in [3.8, 4) is 0 Å². The van der Waals surface area contributed by atoms with Crippen molar-refractivity contribution in [3.05, 3.63) is 33.9 Å². The first kappa shape index (κ1) is 12.5. The van der Waals surface area contributed by atoms with Gasteiger partial charge in [0.25, 0.3) is 5.69 Å². The highest BCUT2D eigenvalue weighted by atomic mass is 16.6. The van der Waals surface area contributed by atoms with Crippen LogP contribution in [-0.4, -0.2) is 23.9 Å². The van der Waals surface area contributed by atoms with E-state index in [0.29, 0.717) is 25.2 Å². The number of nitro groups is 1. The van der Waals surface area contributed by atoms with Gasteiger partial charge in [0.15, 0.2) is 0 Å². The van der Waals surface area contributed by atoms with Gasteiger partial charge in [0.1, 0.15) is 5.69 Å². The van der Waals surface area contributed by atoms with E-state index in [1.54, 1.807) is 19.1 Å². The quantitative estimate of drug-likeness (QED) is 0.644. The topological polar surface area (TPSA) is 89.5 Å². The van der Waals surface area contributed by atoms with E-state index in [4.69, 9.17) is 5.73 Å². The van der Waals surface area contributed by atoms with Crippen LogP contribution >= 0.6 is 0 Å². The molecule has 18 heavy (non-hydrogen) atoms. The number of nitrogens with zero attached hydrogens (tertiary/aromatic N) is 2. The Hall–Kier alpha value is -1.95. The standard InChI is InChI=1S/C12H15N3O3/c1-8-3-2-4-10(15(17)18)12(8)14-7-9(6-13)5-11(14)16/h2-4,9H,5-7,13H2,1H3. The molecular weight excluding hydrogens is 234 g/mol. The summed E-state index contributed by atoms with van der Waals surface area (Å²) in [5.41, 5.74) is 6.67. The van der Waals surface area contributed by atoms with E-state index in [2.05, 4.69) is 0 Å². The van der Waals surface area contributed by atoms with E-state index >= 15 is 0 Å². The number of carbonyl (C=O) groups excluding carboxylic acids is 1. The Bertz CT molecular complexity index is 501. The van der Waals surface area contributed by atoms with Crippen LogP contribution in [0.3, 0.4) is 0 Å². The minimum absolute atomic E-state index is 0.0268. The summed E-state index contributed by atoms with van der Waals surface area (Å²) in [7, 11) is 0. The van der Waals surface area contributed by atoms with Gasteiger partial charge in [0.2, 0.25) is 5.91 Å². The highest BCUT2D eigenvalue weighted by molar-refractivity contribution is 5.98. The average Bonchev–Trinajstić information content (AvgIpc) is 2.70. The summed E-state index contributed by atoms with van der Waals surface area (Å²) in [4.78, 5) is 24.0. The lowest BCUT2D eigenvalue weighted by molar-refractivity contribution is -0.384. The van der Waals surface area contributed by atoms with E-state index in [9.17, 15) is 14.9 Å². The van der Waals surface area contributed by atoms with Gasteiger partial charge in [0, 0.05) is 19.0 Å². The molecule has 1 unspecified atom stereocenters. The number of anilines is 1. The number of rotatable bonds is 3. The third kappa shape index (κ3) is 2.06. The minimum atomic E-state index is -0.453. The van der Waals surface area contributed by atoms with Crippen LogP contribution < -0.4 is 10.6 Å². The summed E-state index contributed by atoms with van der Waals surface area (Å²) < 4.78 is 0. The molecule has 6 heteroatoms. The van der Waals surface area contributed by atoms with Crippen molar-refractivity contribution in [1.82, 2.24) is 0 Å². The monoisotopic (exact) mass is 249 g/mol. The molecule has 1 amide bonds. The van der Waals surface area contributed by atoms with Crippen molar-refractivity contribution in [2.24, 2.45) is 11.7 Å². The molecule has 6 nitrogen and oxygen atoms in total. The predicted molar refractivity (Wildman–Crippen MR) is 67.3 cm³/mol. The van der Waals surface area contributed by atoms with Crippen LogP contribution in [0, 0.1) is 23.0 Å². The lowest BCUT2D eigenvalue weighted by Gasteiger charge is -2.18. The Morgan fingerprint density at radius 3 is 2.83 bits per heavy atom. The molecule has 1 aromatic carbocycles. The van der Waals surface area contributed by atoms with Crippen LogP contribution in [0.5, 0.6) is 0 Å². The van der Waals surface area contributed by atoms with Crippen molar-refractivity contribution in [1.29, 1.82) is 0 Å². The highest BCUT2D eigenvalue weighted by Crippen LogP contribution is 2.35. The Morgan fingerprint density at radius 2 is 2.28 bits per heavy atom. The number of hydrogen-bond donors (Lipinski definition) is 1. The summed E-state index contributed by atoms with van der Waals surface area (Å²) in [6.45, 7) is 2.65. The normalized spacial score (nSPS) is 19.3. The Kier molecular flexibility index (Phi) is 3.29. The predicted octanol–water partition coefficient (Wildman–Crippen LogP) is 1.21. The fraction of sp³-hybridized carbons (Fsp3) is 0.417. The van der Waals surface area contributed by atoms with Crippen molar-refractivity contribution in [2.75, 3.05) is 18.0 Å². The number of para-hydroxylation sites is 1. The van der Waals surface area contributed by atoms with Crippen LogP contribution in [0.4, 0.5) is 11.4 Å². The minimum Gasteiger partial charge on any atom is -0.330 e. The summed E-state index contributed by atoms with van der Waals surface area (Å²) in [6.07, 6.45) is 0.363. The summed E-state index contributed by atoms with van der Waals surface area (Å²) in [5.74, 6) is -0.0143. The summed E-state index contributed by atoms with van der Waals surface area (Å²) >= 11 is 0. The lowest BCUT2D eigenvalue weighted by Crippen LogP contribution is -2.27. The van der Waals surface area contributed by atoms with Crippen LogP contribution in [0.2, 0.25) is 0 Å². The molecule has 0 saturated carbocycles. The largest absolute Gasteiger partial charge is 0.330 e. The third-order valence-electron chi connectivity index (χ3n) is 3.22. The molecule has 0 spiro atoms. The number of benzene rings is 1. The first-order valence-electron chi connectivity index (χ1n) is 5.79.